The third-order valence-corrected chi connectivity index (χ3v) is 6.20. The lowest BCUT2D eigenvalue weighted by molar-refractivity contribution is 0.0793. The topological polar surface area (TPSA) is 106 Å². The predicted molar refractivity (Wildman–Crippen MR) is 101 cm³/mol. The smallest absolute Gasteiger partial charge is 0.188 e. The molecule has 1 aliphatic rings. The molecular formula is C19H18F3N3O3S. The molecule has 0 amide bonds. The normalized spacial score (nSPS) is 24.3. The van der Waals surface area contributed by atoms with E-state index in [0.29, 0.717) is 0 Å². The maximum Gasteiger partial charge on any atom is 0.188 e. The van der Waals surface area contributed by atoms with Crippen LogP contribution in [0.4, 0.5) is 13.2 Å². The van der Waals surface area contributed by atoms with Gasteiger partial charge in [-0.15, -0.1) is 0 Å². The molecule has 0 heterocycles. The molecule has 0 unspecified atom stereocenters. The highest BCUT2D eigenvalue weighted by molar-refractivity contribution is 8.04. The molecule has 154 valence electrons. The molecule has 0 aliphatic heterocycles. The molecule has 0 bridgehead atoms. The molecule has 29 heavy (non-hydrogen) atoms. The zero-order valence-electron chi connectivity index (χ0n) is 15.1. The second-order valence-corrected chi connectivity index (χ2v) is 8.77. The Hall–Kier alpha value is -3.08. The van der Waals surface area contributed by atoms with E-state index in [1.54, 1.807) is 6.07 Å². The summed E-state index contributed by atoms with van der Waals surface area (Å²) in [7, 11) is -4.03. The average Bonchev–Trinajstić information content (AvgIpc) is 2.73. The van der Waals surface area contributed by atoms with Crippen molar-refractivity contribution in [3.63, 3.8) is 0 Å². The molecule has 0 radical (unpaired) electrons. The summed E-state index contributed by atoms with van der Waals surface area (Å²) in [5.41, 5.74) is 0.0876. The first-order valence-corrected chi connectivity index (χ1v) is 10.2. The average molecular weight is 425 g/mol. The standard InChI is InChI=1S/C19H18F3N3O3S/c1-12-4-17(22)18(26)8-16(29(27,10-20)25-11-24)2-3-19(12)28-15-6-13(9-23)5-14(21)7-15/h2-3,5-7,17-18,26,29H,1,4,8,10H2,(H,25,27)/b16-2+,19-3+/t17-,18+/m1/s1. The number of benzene rings is 1. The van der Waals surface area contributed by atoms with Crippen LogP contribution in [0.2, 0.25) is 0 Å². The molecule has 0 saturated carbocycles. The number of nitrogens with one attached hydrogen (secondary N) is 1. The Morgan fingerprint density at radius 1 is 1.31 bits per heavy atom. The Labute approximate surface area is 166 Å². The van der Waals surface area contributed by atoms with E-state index in [-0.39, 0.29) is 34.0 Å². The van der Waals surface area contributed by atoms with Crippen LogP contribution in [0.3, 0.4) is 0 Å². The van der Waals surface area contributed by atoms with Gasteiger partial charge in [-0.05, 0) is 29.9 Å². The van der Waals surface area contributed by atoms with Crippen molar-refractivity contribution >= 4 is 10.1 Å². The SMILES string of the molecule is C=C1C[C@@H](F)[C@@H](O)C/C([SH](=O)(CF)NC#N)=C\C=C/1Oc1cc(F)cc(C#N)c1. The van der Waals surface area contributed by atoms with E-state index in [1.165, 1.54) is 18.3 Å². The number of halogens is 3. The molecule has 2 rings (SSSR count). The Morgan fingerprint density at radius 3 is 2.66 bits per heavy atom. The van der Waals surface area contributed by atoms with Gasteiger partial charge in [-0.3, -0.25) is 8.93 Å². The molecule has 0 fully saturated rings. The summed E-state index contributed by atoms with van der Waals surface area (Å²) in [6.07, 6.45) is -0.525. The van der Waals surface area contributed by atoms with Crippen molar-refractivity contribution in [1.29, 1.82) is 10.5 Å². The van der Waals surface area contributed by atoms with Gasteiger partial charge in [-0.2, -0.15) is 10.5 Å². The van der Waals surface area contributed by atoms with Gasteiger partial charge in [0.05, 0.1) is 17.7 Å². The molecule has 2 atom stereocenters. The highest BCUT2D eigenvalue weighted by Gasteiger charge is 2.29. The number of hydrogen-bond donors (Lipinski definition) is 3. The lowest BCUT2D eigenvalue weighted by Gasteiger charge is -2.24. The van der Waals surface area contributed by atoms with Gasteiger partial charge in [0, 0.05) is 33.9 Å². The van der Waals surface area contributed by atoms with Crippen molar-refractivity contribution < 1.29 is 27.2 Å². The van der Waals surface area contributed by atoms with Crippen LogP contribution in [0, 0.1) is 28.6 Å². The molecule has 1 aliphatic carbocycles. The van der Waals surface area contributed by atoms with Crippen molar-refractivity contribution in [2.45, 2.75) is 25.1 Å². The summed E-state index contributed by atoms with van der Waals surface area (Å²) in [4.78, 5) is -0.204. The highest BCUT2D eigenvalue weighted by Crippen LogP contribution is 2.30. The molecule has 0 spiro atoms. The number of aliphatic hydroxyl groups excluding tert-OH is 1. The number of ether oxygens (including phenoxy) is 1. The third kappa shape index (κ3) is 5.47. The Bertz CT molecular complexity index is 995. The Morgan fingerprint density at radius 2 is 2.03 bits per heavy atom. The zero-order chi connectivity index (χ0) is 21.6. The maximum absolute atomic E-state index is 14.4. The van der Waals surface area contributed by atoms with E-state index < -0.39 is 40.6 Å². The molecule has 0 saturated heterocycles. The van der Waals surface area contributed by atoms with E-state index in [2.05, 4.69) is 6.58 Å². The largest absolute Gasteiger partial charge is 0.457 e. The molecule has 2 N–H and O–H groups in total. The number of alkyl halides is 2. The van der Waals surface area contributed by atoms with Crippen LogP contribution < -0.4 is 9.46 Å². The quantitative estimate of drug-likeness (QED) is 0.382. The van der Waals surface area contributed by atoms with Crippen molar-refractivity contribution in [2.75, 3.05) is 6.01 Å². The van der Waals surface area contributed by atoms with Crippen molar-refractivity contribution in [1.82, 2.24) is 4.72 Å². The molecule has 0 aromatic heterocycles. The predicted octanol–water partition coefficient (Wildman–Crippen LogP) is 2.82. The van der Waals surface area contributed by atoms with Gasteiger partial charge in [-0.25, -0.2) is 13.2 Å². The lowest BCUT2D eigenvalue weighted by atomic mass is 10.0. The summed E-state index contributed by atoms with van der Waals surface area (Å²) in [5.74, 6) is -0.859. The number of nitriles is 2. The summed E-state index contributed by atoms with van der Waals surface area (Å²) in [6, 6.07) is 3.59. The van der Waals surface area contributed by atoms with Crippen LogP contribution in [-0.2, 0) is 10.1 Å². The van der Waals surface area contributed by atoms with Gasteiger partial charge in [-0.1, -0.05) is 6.58 Å². The molecular weight excluding hydrogens is 407 g/mol. The number of nitrogens with zero attached hydrogens (tertiary/aromatic N) is 2. The van der Waals surface area contributed by atoms with E-state index in [9.17, 15) is 22.5 Å². The van der Waals surface area contributed by atoms with Gasteiger partial charge in [0.2, 0.25) is 0 Å². The number of aliphatic hydroxyl groups is 1. The summed E-state index contributed by atoms with van der Waals surface area (Å²) >= 11 is 0. The Balaban J connectivity index is 2.50. The first kappa shape index (κ1) is 22.2. The minimum atomic E-state index is -4.03. The van der Waals surface area contributed by atoms with Crippen LogP contribution in [0.1, 0.15) is 18.4 Å². The van der Waals surface area contributed by atoms with Crippen LogP contribution in [0.5, 0.6) is 5.75 Å². The van der Waals surface area contributed by atoms with Crippen LogP contribution >= 0.6 is 0 Å². The lowest BCUT2D eigenvalue weighted by Crippen LogP contribution is -2.34. The third-order valence-electron chi connectivity index (χ3n) is 4.14. The van der Waals surface area contributed by atoms with E-state index in [1.807, 2.05) is 4.72 Å². The number of thiol groups is 1. The number of allylic oxidation sites excluding steroid dienone is 3. The van der Waals surface area contributed by atoms with Crippen molar-refractivity contribution in [2.24, 2.45) is 0 Å². The summed E-state index contributed by atoms with van der Waals surface area (Å²) < 4.78 is 61.5. The first-order valence-electron chi connectivity index (χ1n) is 8.34. The molecule has 10 heteroatoms. The van der Waals surface area contributed by atoms with Crippen molar-refractivity contribution in [3.05, 3.63) is 64.5 Å². The zero-order valence-corrected chi connectivity index (χ0v) is 16.0. The highest BCUT2D eigenvalue weighted by atomic mass is 32.3. The molecule has 1 aromatic rings. The van der Waals surface area contributed by atoms with Gasteiger partial charge >= 0.3 is 0 Å². The van der Waals surface area contributed by atoms with E-state index in [4.69, 9.17) is 15.3 Å². The van der Waals surface area contributed by atoms with Gasteiger partial charge in [0.1, 0.15) is 23.5 Å². The monoisotopic (exact) mass is 425 g/mol. The first-order chi connectivity index (χ1) is 13.7. The fourth-order valence-corrected chi connectivity index (χ4v) is 3.93. The maximum atomic E-state index is 14.4. The second kappa shape index (κ2) is 9.41. The van der Waals surface area contributed by atoms with Crippen LogP contribution in [0.25, 0.3) is 0 Å². The van der Waals surface area contributed by atoms with Gasteiger partial charge in [0.15, 0.2) is 12.2 Å². The number of rotatable bonds is 5. The minimum Gasteiger partial charge on any atom is -0.457 e. The van der Waals surface area contributed by atoms with Gasteiger partial charge in [0.25, 0.3) is 0 Å². The fraction of sp³-hybridized carbons (Fsp3) is 0.263. The summed E-state index contributed by atoms with van der Waals surface area (Å²) in [5, 5.41) is 27.7. The van der Waals surface area contributed by atoms with Crippen molar-refractivity contribution in [3.8, 4) is 18.0 Å². The van der Waals surface area contributed by atoms with Crippen LogP contribution in [-0.4, -0.2) is 27.6 Å². The number of hydrogen-bond acceptors (Lipinski definition) is 5. The summed E-state index contributed by atoms with van der Waals surface area (Å²) in [6.45, 7) is 3.69. The van der Waals surface area contributed by atoms with E-state index in [0.717, 1.165) is 18.2 Å². The minimum absolute atomic E-state index is 0.00977. The fourth-order valence-electron chi connectivity index (χ4n) is 2.62. The molecule has 6 nitrogen and oxygen atoms in total. The van der Waals surface area contributed by atoms with Crippen LogP contribution in [0.15, 0.2) is 53.2 Å². The molecule has 1 aromatic carbocycles. The van der Waals surface area contributed by atoms with E-state index >= 15 is 0 Å². The van der Waals surface area contributed by atoms with Gasteiger partial charge < -0.3 is 9.84 Å². The second-order valence-electron chi connectivity index (χ2n) is 6.26. The Kier molecular flexibility index (Phi) is 7.21.